The number of halogens is 3. The van der Waals surface area contributed by atoms with Crippen LogP contribution in [0, 0.1) is 13.8 Å². The van der Waals surface area contributed by atoms with Gasteiger partial charge in [0.15, 0.2) is 0 Å². The predicted octanol–water partition coefficient (Wildman–Crippen LogP) is 6.16. The van der Waals surface area contributed by atoms with Crippen molar-refractivity contribution >= 4 is 50.5 Å². The number of hydrogen-bond donors (Lipinski definition) is 0. The molecule has 0 fully saturated rings. The summed E-state index contributed by atoms with van der Waals surface area (Å²) in [6, 6.07) is 7.84. The van der Waals surface area contributed by atoms with Crippen LogP contribution in [0.2, 0.25) is 10.0 Å². The van der Waals surface area contributed by atoms with Crippen LogP contribution in [0.1, 0.15) is 25.7 Å². The Morgan fingerprint density at radius 2 is 1.65 bits per heavy atom. The van der Waals surface area contributed by atoms with Gasteiger partial charge in [-0.05, 0) is 49.2 Å². The Kier molecular flexibility index (Phi) is 4.19. The summed E-state index contributed by atoms with van der Waals surface area (Å²) in [5, 5.41) is 1.34. The van der Waals surface area contributed by atoms with Crippen LogP contribution in [0.3, 0.4) is 0 Å². The van der Waals surface area contributed by atoms with Crippen molar-refractivity contribution < 1.29 is 0 Å². The van der Waals surface area contributed by atoms with Gasteiger partial charge in [-0.15, -0.1) is 11.3 Å². The van der Waals surface area contributed by atoms with Crippen molar-refractivity contribution in [3.8, 4) is 0 Å². The summed E-state index contributed by atoms with van der Waals surface area (Å²) in [7, 11) is 0. The molecule has 1 unspecified atom stereocenters. The second kappa shape index (κ2) is 5.31. The summed E-state index contributed by atoms with van der Waals surface area (Å²) in [6.45, 7) is 4.24. The average Bonchev–Trinajstić information content (AvgIpc) is 2.55. The molecule has 0 saturated heterocycles. The molecule has 1 aromatic carbocycles. The van der Waals surface area contributed by atoms with Gasteiger partial charge >= 0.3 is 0 Å². The van der Waals surface area contributed by atoms with Gasteiger partial charge in [0, 0.05) is 19.8 Å². The van der Waals surface area contributed by atoms with Crippen molar-refractivity contribution in [2.24, 2.45) is 0 Å². The van der Waals surface area contributed by atoms with Crippen LogP contribution in [-0.2, 0) is 0 Å². The molecule has 0 N–H and O–H groups in total. The molecule has 0 aliphatic rings. The van der Waals surface area contributed by atoms with Gasteiger partial charge in [-0.25, -0.2) is 0 Å². The minimum Gasteiger partial charge on any atom is -0.144 e. The van der Waals surface area contributed by atoms with Crippen LogP contribution in [-0.4, -0.2) is 0 Å². The standard InChI is InChI=1S/C13H11BrCl2S/c1-7-3-8(2)17-13(7)12(14)9-4-10(15)6-11(16)5-9/h3-6,12H,1-2H3. The molecule has 0 amide bonds. The highest BCUT2D eigenvalue weighted by molar-refractivity contribution is 9.09. The molecule has 4 heteroatoms. The third-order valence-corrected chi connectivity index (χ3v) is 5.43. The van der Waals surface area contributed by atoms with Crippen molar-refractivity contribution in [2.45, 2.75) is 18.7 Å². The first kappa shape index (κ1) is 13.4. The summed E-state index contributed by atoms with van der Waals surface area (Å²) >= 11 is 17.6. The Labute approximate surface area is 124 Å². The van der Waals surface area contributed by atoms with E-state index in [9.17, 15) is 0 Å². The molecule has 0 aliphatic carbocycles. The van der Waals surface area contributed by atoms with Gasteiger partial charge in [0.25, 0.3) is 0 Å². The van der Waals surface area contributed by atoms with Crippen molar-refractivity contribution in [3.05, 3.63) is 55.2 Å². The van der Waals surface area contributed by atoms with Crippen LogP contribution >= 0.6 is 50.5 Å². The van der Waals surface area contributed by atoms with Crippen molar-refractivity contribution in [3.63, 3.8) is 0 Å². The van der Waals surface area contributed by atoms with E-state index in [0.717, 1.165) is 5.56 Å². The highest BCUT2D eigenvalue weighted by Gasteiger charge is 2.16. The van der Waals surface area contributed by atoms with Crippen molar-refractivity contribution in [1.29, 1.82) is 0 Å². The fourth-order valence-corrected chi connectivity index (χ4v) is 4.27. The molecule has 0 nitrogen and oxygen atoms in total. The van der Waals surface area contributed by atoms with Gasteiger partial charge < -0.3 is 0 Å². The SMILES string of the molecule is Cc1cc(C)c(C(Br)c2cc(Cl)cc(Cl)c2)s1. The zero-order valence-corrected chi connectivity index (χ0v) is 13.3. The van der Waals surface area contributed by atoms with Crippen molar-refractivity contribution in [2.75, 3.05) is 0 Å². The second-order valence-electron chi connectivity index (χ2n) is 3.97. The van der Waals surface area contributed by atoms with Crippen LogP contribution < -0.4 is 0 Å². The van der Waals surface area contributed by atoms with Gasteiger partial charge in [-0.1, -0.05) is 39.1 Å². The number of thiophene rings is 1. The molecule has 2 aromatic rings. The van der Waals surface area contributed by atoms with Crippen molar-refractivity contribution in [1.82, 2.24) is 0 Å². The lowest BCUT2D eigenvalue weighted by molar-refractivity contribution is 1.19. The van der Waals surface area contributed by atoms with E-state index in [1.807, 2.05) is 12.1 Å². The molecule has 17 heavy (non-hydrogen) atoms. The lowest BCUT2D eigenvalue weighted by Crippen LogP contribution is -1.91. The Morgan fingerprint density at radius 3 is 2.12 bits per heavy atom. The molecule has 0 aliphatic heterocycles. The molecule has 0 saturated carbocycles. The van der Waals surface area contributed by atoms with E-state index >= 15 is 0 Å². The predicted molar refractivity (Wildman–Crippen MR) is 81.0 cm³/mol. The largest absolute Gasteiger partial charge is 0.144 e. The average molecular weight is 350 g/mol. The molecule has 0 radical (unpaired) electrons. The van der Waals surface area contributed by atoms with E-state index in [0.29, 0.717) is 10.0 Å². The van der Waals surface area contributed by atoms with E-state index in [4.69, 9.17) is 23.2 Å². The second-order valence-corrected chi connectivity index (χ2v) is 7.05. The maximum atomic E-state index is 6.02. The first-order chi connectivity index (χ1) is 7.97. The van der Waals surface area contributed by atoms with Crippen LogP contribution in [0.4, 0.5) is 0 Å². The molecule has 1 aromatic heterocycles. The maximum Gasteiger partial charge on any atom is 0.0741 e. The third-order valence-electron chi connectivity index (χ3n) is 2.49. The normalized spacial score (nSPS) is 12.8. The Bertz CT molecular complexity index is 528. The third kappa shape index (κ3) is 3.05. The van der Waals surface area contributed by atoms with E-state index in [-0.39, 0.29) is 4.83 Å². The zero-order valence-electron chi connectivity index (χ0n) is 9.43. The molecule has 0 bridgehead atoms. The molecule has 1 heterocycles. The van der Waals surface area contributed by atoms with Crippen LogP contribution in [0.5, 0.6) is 0 Å². The van der Waals surface area contributed by atoms with Gasteiger partial charge in [0.1, 0.15) is 0 Å². The number of rotatable bonds is 2. The van der Waals surface area contributed by atoms with Crippen LogP contribution in [0.25, 0.3) is 0 Å². The van der Waals surface area contributed by atoms with E-state index in [2.05, 4.69) is 35.8 Å². The summed E-state index contributed by atoms with van der Waals surface area (Å²) < 4.78 is 0. The first-order valence-electron chi connectivity index (χ1n) is 5.14. The molecular formula is C13H11BrCl2S. The Hall–Kier alpha value is -0.0200. The van der Waals surface area contributed by atoms with Gasteiger partial charge in [-0.3, -0.25) is 0 Å². The fourth-order valence-electron chi connectivity index (χ4n) is 1.78. The number of alkyl halides is 1. The Balaban J connectivity index is 2.43. The topological polar surface area (TPSA) is 0 Å². The Morgan fingerprint density at radius 1 is 1.06 bits per heavy atom. The molecular weight excluding hydrogens is 339 g/mol. The molecule has 90 valence electrons. The minimum atomic E-state index is 0.150. The van der Waals surface area contributed by atoms with E-state index in [1.54, 1.807) is 17.4 Å². The first-order valence-corrected chi connectivity index (χ1v) is 7.63. The van der Waals surface area contributed by atoms with Gasteiger partial charge in [0.2, 0.25) is 0 Å². The smallest absolute Gasteiger partial charge is 0.0741 e. The quantitative estimate of drug-likeness (QED) is 0.570. The number of aryl methyl sites for hydroxylation is 2. The lowest BCUT2D eigenvalue weighted by atomic mass is 10.1. The zero-order chi connectivity index (χ0) is 12.6. The highest BCUT2D eigenvalue weighted by atomic mass is 79.9. The molecule has 2 rings (SSSR count). The number of hydrogen-bond acceptors (Lipinski definition) is 1. The molecule has 0 spiro atoms. The maximum absolute atomic E-state index is 6.02. The monoisotopic (exact) mass is 348 g/mol. The van der Waals surface area contributed by atoms with Gasteiger partial charge in [0.05, 0.1) is 4.83 Å². The summed E-state index contributed by atoms with van der Waals surface area (Å²) in [5.74, 6) is 0. The minimum absolute atomic E-state index is 0.150. The summed E-state index contributed by atoms with van der Waals surface area (Å²) in [6.07, 6.45) is 0. The van der Waals surface area contributed by atoms with Gasteiger partial charge in [-0.2, -0.15) is 0 Å². The fraction of sp³-hybridized carbons (Fsp3) is 0.231. The summed E-state index contributed by atoms with van der Waals surface area (Å²) in [5.41, 5.74) is 2.39. The highest BCUT2D eigenvalue weighted by Crippen LogP contribution is 2.39. The summed E-state index contributed by atoms with van der Waals surface area (Å²) in [4.78, 5) is 2.77. The number of benzene rings is 1. The van der Waals surface area contributed by atoms with E-state index < -0.39 is 0 Å². The van der Waals surface area contributed by atoms with E-state index in [1.165, 1.54) is 15.3 Å². The van der Waals surface area contributed by atoms with Crippen LogP contribution in [0.15, 0.2) is 24.3 Å². The lowest BCUT2D eigenvalue weighted by Gasteiger charge is -2.10. The molecule has 1 atom stereocenters.